The molecule has 0 aliphatic carbocycles. The van der Waals surface area contributed by atoms with E-state index in [1.165, 1.54) is 7.05 Å². The van der Waals surface area contributed by atoms with E-state index in [4.69, 9.17) is 4.52 Å². The summed E-state index contributed by atoms with van der Waals surface area (Å²) in [5, 5.41) is 3.78. The lowest BCUT2D eigenvalue weighted by atomic mass is 10.2. The maximum Gasteiger partial charge on any atom is 0.406 e. The van der Waals surface area contributed by atoms with E-state index in [9.17, 15) is 22.8 Å². The molecule has 0 aliphatic rings. The lowest BCUT2D eigenvalue weighted by Gasteiger charge is -2.11. The van der Waals surface area contributed by atoms with E-state index in [0.29, 0.717) is 25.0 Å². The Morgan fingerprint density at radius 3 is 2.59 bits per heavy atom. The molecule has 0 atom stereocenters. The standard InChI is InChI=1S/C16H18F3N5O3/c1-10-7-11(27-21-10)5-3-4-6-24-14(25)12-13(22(2)15(24)26)20-9-23(12)8-16(17,18)19/h7,9H,3-6,8H2,1-2H3. The molecule has 146 valence electrons. The Hall–Kier alpha value is -2.85. The molecule has 0 unspecified atom stereocenters. The zero-order chi connectivity index (χ0) is 19.8. The minimum absolute atomic E-state index is 0.0670. The monoisotopic (exact) mass is 385 g/mol. The van der Waals surface area contributed by atoms with Crippen LogP contribution in [-0.2, 0) is 26.6 Å². The number of hydrogen-bond donors (Lipinski definition) is 0. The third-order valence-corrected chi connectivity index (χ3v) is 4.18. The SMILES string of the molecule is Cc1cc(CCCCn2c(=O)c3c(ncn3CC(F)(F)F)n(C)c2=O)on1. The number of rotatable bonds is 6. The van der Waals surface area contributed by atoms with Crippen LogP contribution < -0.4 is 11.2 Å². The van der Waals surface area contributed by atoms with E-state index >= 15 is 0 Å². The van der Waals surface area contributed by atoms with Crippen molar-refractivity contribution >= 4 is 11.2 Å². The molecule has 3 aromatic heterocycles. The summed E-state index contributed by atoms with van der Waals surface area (Å²) in [6.45, 7) is 0.545. The van der Waals surface area contributed by atoms with Gasteiger partial charge in [-0.3, -0.25) is 13.9 Å². The van der Waals surface area contributed by atoms with E-state index in [0.717, 1.165) is 25.7 Å². The van der Waals surface area contributed by atoms with Gasteiger partial charge in [0.05, 0.1) is 12.0 Å². The van der Waals surface area contributed by atoms with Crippen LogP contribution >= 0.6 is 0 Å². The van der Waals surface area contributed by atoms with Gasteiger partial charge >= 0.3 is 11.9 Å². The van der Waals surface area contributed by atoms with Crippen LogP contribution in [-0.4, -0.2) is 30.0 Å². The van der Waals surface area contributed by atoms with Crippen LogP contribution in [0.3, 0.4) is 0 Å². The number of alkyl halides is 3. The Kier molecular flexibility index (Phi) is 4.94. The molecule has 3 aromatic rings. The summed E-state index contributed by atoms with van der Waals surface area (Å²) in [5.74, 6) is 0.700. The number of unbranched alkanes of at least 4 members (excludes halogenated alkanes) is 1. The van der Waals surface area contributed by atoms with Gasteiger partial charge in [-0.1, -0.05) is 5.16 Å². The lowest BCUT2D eigenvalue weighted by molar-refractivity contribution is -0.140. The number of nitrogens with zero attached hydrogens (tertiary/aromatic N) is 5. The maximum atomic E-state index is 12.7. The zero-order valence-electron chi connectivity index (χ0n) is 14.8. The van der Waals surface area contributed by atoms with Gasteiger partial charge < -0.3 is 9.09 Å². The van der Waals surface area contributed by atoms with Crippen molar-refractivity contribution in [1.29, 1.82) is 0 Å². The number of fused-ring (bicyclic) bond motifs is 1. The van der Waals surface area contributed by atoms with Crippen LogP contribution in [0.4, 0.5) is 13.2 Å². The first kappa shape index (κ1) is 18.9. The smallest absolute Gasteiger partial charge is 0.361 e. The number of imidazole rings is 1. The van der Waals surface area contributed by atoms with Crippen molar-refractivity contribution in [3.05, 3.63) is 44.7 Å². The summed E-state index contributed by atoms with van der Waals surface area (Å²) in [7, 11) is 1.38. The molecule has 0 fully saturated rings. The molecule has 0 radical (unpaired) electrons. The number of aromatic nitrogens is 5. The highest BCUT2D eigenvalue weighted by atomic mass is 19.4. The molecule has 0 amide bonds. The summed E-state index contributed by atoms with van der Waals surface area (Å²) >= 11 is 0. The van der Waals surface area contributed by atoms with Gasteiger partial charge in [0.15, 0.2) is 11.2 Å². The van der Waals surface area contributed by atoms with Crippen molar-refractivity contribution < 1.29 is 17.7 Å². The second-order valence-corrected chi connectivity index (χ2v) is 6.35. The molecular formula is C16H18F3N5O3. The van der Waals surface area contributed by atoms with Crippen molar-refractivity contribution in [2.45, 2.75) is 45.5 Å². The van der Waals surface area contributed by atoms with Gasteiger partial charge in [0.1, 0.15) is 12.3 Å². The Morgan fingerprint density at radius 1 is 1.22 bits per heavy atom. The van der Waals surface area contributed by atoms with Gasteiger partial charge in [-0.25, -0.2) is 9.78 Å². The van der Waals surface area contributed by atoms with Crippen LogP contribution in [0, 0.1) is 6.92 Å². The van der Waals surface area contributed by atoms with Gasteiger partial charge in [0, 0.05) is 26.1 Å². The topological polar surface area (TPSA) is 87.9 Å². The summed E-state index contributed by atoms with van der Waals surface area (Å²) in [6, 6.07) is 1.80. The molecule has 0 aliphatic heterocycles. The fraction of sp³-hybridized carbons (Fsp3) is 0.500. The van der Waals surface area contributed by atoms with Gasteiger partial charge in [0.25, 0.3) is 5.56 Å². The molecule has 8 nitrogen and oxygen atoms in total. The largest absolute Gasteiger partial charge is 0.406 e. The van der Waals surface area contributed by atoms with Crippen molar-refractivity contribution in [2.75, 3.05) is 0 Å². The average molecular weight is 385 g/mol. The zero-order valence-corrected chi connectivity index (χ0v) is 14.8. The third-order valence-electron chi connectivity index (χ3n) is 4.18. The van der Waals surface area contributed by atoms with Crippen molar-refractivity contribution in [1.82, 2.24) is 23.8 Å². The molecule has 27 heavy (non-hydrogen) atoms. The minimum Gasteiger partial charge on any atom is -0.361 e. The molecule has 0 aromatic carbocycles. The van der Waals surface area contributed by atoms with Crippen molar-refractivity contribution in [3.8, 4) is 0 Å². The van der Waals surface area contributed by atoms with Gasteiger partial charge in [0.2, 0.25) is 0 Å². The molecule has 0 saturated carbocycles. The Bertz CT molecular complexity index is 1070. The summed E-state index contributed by atoms with van der Waals surface area (Å²) in [5.41, 5.74) is -0.924. The summed E-state index contributed by atoms with van der Waals surface area (Å²) in [6.07, 6.45) is -1.88. The normalized spacial score (nSPS) is 12.2. The number of aryl methyl sites for hydroxylation is 3. The fourth-order valence-electron chi connectivity index (χ4n) is 2.94. The van der Waals surface area contributed by atoms with Gasteiger partial charge in [-0.2, -0.15) is 13.2 Å². The summed E-state index contributed by atoms with van der Waals surface area (Å²) in [4.78, 5) is 28.8. The van der Waals surface area contributed by atoms with Crippen LogP contribution in [0.5, 0.6) is 0 Å². The van der Waals surface area contributed by atoms with E-state index in [1.807, 2.05) is 0 Å². The summed E-state index contributed by atoms with van der Waals surface area (Å²) < 4.78 is 46.0. The van der Waals surface area contributed by atoms with E-state index in [1.54, 1.807) is 13.0 Å². The molecule has 11 heteroatoms. The van der Waals surface area contributed by atoms with E-state index in [-0.39, 0.29) is 17.7 Å². The molecule has 3 heterocycles. The third kappa shape index (κ3) is 3.96. The molecule has 0 spiro atoms. The quantitative estimate of drug-likeness (QED) is 0.604. The first-order valence-corrected chi connectivity index (χ1v) is 8.31. The predicted octanol–water partition coefficient (Wildman–Crippen LogP) is 1.78. The first-order chi connectivity index (χ1) is 12.7. The average Bonchev–Trinajstić information content (AvgIpc) is 3.17. The Labute approximate surface area is 150 Å². The lowest BCUT2D eigenvalue weighted by Crippen LogP contribution is -2.40. The number of halogens is 3. The van der Waals surface area contributed by atoms with Crippen molar-refractivity contribution in [3.63, 3.8) is 0 Å². The molecule has 0 bridgehead atoms. The van der Waals surface area contributed by atoms with Crippen LogP contribution in [0.15, 0.2) is 26.5 Å². The molecular weight excluding hydrogens is 367 g/mol. The van der Waals surface area contributed by atoms with Crippen LogP contribution in [0.1, 0.15) is 24.3 Å². The van der Waals surface area contributed by atoms with Crippen LogP contribution in [0.25, 0.3) is 11.2 Å². The van der Waals surface area contributed by atoms with Gasteiger partial charge in [-0.15, -0.1) is 0 Å². The molecule has 3 rings (SSSR count). The van der Waals surface area contributed by atoms with E-state index in [2.05, 4.69) is 10.1 Å². The minimum atomic E-state index is -4.51. The highest BCUT2D eigenvalue weighted by Crippen LogP contribution is 2.19. The second-order valence-electron chi connectivity index (χ2n) is 6.35. The first-order valence-electron chi connectivity index (χ1n) is 8.31. The highest BCUT2D eigenvalue weighted by Gasteiger charge is 2.30. The highest BCUT2D eigenvalue weighted by molar-refractivity contribution is 5.69. The maximum absolute atomic E-state index is 12.7. The molecule has 0 saturated heterocycles. The molecule has 0 N–H and O–H groups in total. The van der Waals surface area contributed by atoms with Crippen molar-refractivity contribution in [2.24, 2.45) is 7.05 Å². The van der Waals surface area contributed by atoms with Crippen LogP contribution in [0.2, 0.25) is 0 Å². The fourth-order valence-corrected chi connectivity index (χ4v) is 2.94. The van der Waals surface area contributed by atoms with Gasteiger partial charge in [-0.05, 0) is 19.8 Å². The predicted molar refractivity (Wildman–Crippen MR) is 89.5 cm³/mol. The Morgan fingerprint density at radius 2 is 1.96 bits per heavy atom. The second kappa shape index (κ2) is 7.05. The van der Waals surface area contributed by atoms with E-state index < -0.39 is 24.0 Å². The number of hydrogen-bond acceptors (Lipinski definition) is 5. The Balaban J connectivity index is 1.85.